The van der Waals surface area contributed by atoms with Crippen molar-refractivity contribution in [3.63, 3.8) is 0 Å². The molecule has 1 N–H and O–H groups in total. The summed E-state index contributed by atoms with van der Waals surface area (Å²) in [7, 11) is 3.88. The third kappa shape index (κ3) is 5.81. The van der Waals surface area contributed by atoms with Crippen LogP contribution in [0, 0.1) is 5.92 Å². The van der Waals surface area contributed by atoms with Gasteiger partial charge in [-0.2, -0.15) is 0 Å². The van der Waals surface area contributed by atoms with E-state index in [0.29, 0.717) is 5.92 Å². The Bertz CT molecular complexity index is 398. The third-order valence-electron chi connectivity index (χ3n) is 3.56. The summed E-state index contributed by atoms with van der Waals surface area (Å²) in [4.78, 5) is 2.32. The quantitative estimate of drug-likeness (QED) is 0.693. The molecule has 0 aromatic heterocycles. The van der Waals surface area contributed by atoms with Gasteiger partial charge < -0.3 is 15.0 Å². The van der Waals surface area contributed by atoms with Crippen LogP contribution >= 0.6 is 15.9 Å². The molecule has 114 valence electrons. The molecule has 0 aliphatic carbocycles. The highest BCUT2D eigenvalue weighted by molar-refractivity contribution is 9.10. The fourth-order valence-electron chi connectivity index (χ4n) is 2.02. The van der Waals surface area contributed by atoms with E-state index < -0.39 is 0 Å². The first-order valence-electron chi connectivity index (χ1n) is 7.27. The van der Waals surface area contributed by atoms with Crippen molar-refractivity contribution in [2.45, 2.75) is 26.8 Å². The van der Waals surface area contributed by atoms with E-state index in [0.717, 1.165) is 30.7 Å². The van der Waals surface area contributed by atoms with Crippen molar-refractivity contribution in [2.75, 3.05) is 38.8 Å². The maximum Gasteiger partial charge on any atom is 0.0587 e. The molecule has 1 unspecified atom stereocenters. The highest BCUT2D eigenvalue weighted by Gasteiger charge is 2.08. The van der Waals surface area contributed by atoms with Crippen LogP contribution in [0.4, 0.5) is 5.69 Å². The zero-order valence-corrected chi connectivity index (χ0v) is 14.7. The summed E-state index contributed by atoms with van der Waals surface area (Å²) >= 11 is 3.67. The lowest BCUT2D eigenvalue weighted by Crippen LogP contribution is -2.23. The van der Waals surface area contributed by atoms with E-state index in [9.17, 15) is 0 Å². The summed E-state index contributed by atoms with van der Waals surface area (Å²) in [5.41, 5.74) is 2.54. The van der Waals surface area contributed by atoms with Crippen molar-refractivity contribution in [1.29, 1.82) is 0 Å². The van der Waals surface area contributed by atoms with Crippen LogP contribution in [-0.4, -0.2) is 33.9 Å². The van der Waals surface area contributed by atoms with Gasteiger partial charge in [-0.1, -0.05) is 42.3 Å². The third-order valence-corrected chi connectivity index (χ3v) is 4.30. The molecule has 20 heavy (non-hydrogen) atoms. The molecule has 1 atom stereocenters. The minimum absolute atomic E-state index is 0.717. The Hall–Kier alpha value is -0.580. The number of hydrogen-bond donors (Lipinski definition) is 1. The number of hydrogen-bond acceptors (Lipinski definition) is 3. The zero-order valence-electron chi connectivity index (χ0n) is 13.1. The lowest BCUT2D eigenvalue weighted by Gasteiger charge is -2.23. The molecule has 0 spiro atoms. The second kappa shape index (κ2) is 9.37. The number of halogens is 1. The van der Waals surface area contributed by atoms with Gasteiger partial charge in [-0.3, -0.25) is 0 Å². The van der Waals surface area contributed by atoms with Crippen LogP contribution in [0.1, 0.15) is 25.8 Å². The molecular weight excluding hydrogens is 316 g/mol. The number of benzene rings is 1. The van der Waals surface area contributed by atoms with E-state index in [1.807, 2.05) is 0 Å². The van der Waals surface area contributed by atoms with Gasteiger partial charge in [-0.05, 0) is 23.6 Å². The summed E-state index contributed by atoms with van der Waals surface area (Å²) < 4.78 is 6.19. The first kappa shape index (κ1) is 17.5. The Kier molecular flexibility index (Phi) is 8.19. The average Bonchev–Trinajstić information content (AvgIpc) is 2.44. The molecule has 0 saturated carbocycles. The van der Waals surface area contributed by atoms with Crippen molar-refractivity contribution in [1.82, 2.24) is 5.32 Å². The van der Waals surface area contributed by atoms with E-state index in [1.165, 1.54) is 17.7 Å². The first-order chi connectivity index (χ1) is 9.58. The molecule has 0 aliphatic rings. The molecular formula is C16H27BrN2O. The molecule has 0 fully saturated rings. The molecule has 1 aromatic rings. The summed E-state index contributed by atoms with van der Waals surface area (Å²) in [6.07, 6.45) is 1.22. The standard InChI is InChI=1S/C16H27BrN2O/c1-5-13(2)12-19(3)15-7-6-14(16(17)10-15)11-18-8-9-20-4/h6-7,10,13,18H,5,8-9,11-12H2,1-4H3. The van der Waals surface area contributed by atoms with Crippen molar-refractivity contribution in [3.05, 3.63) is 28.2 Å². The minimum Gasteiger partial charge on any atom is -0.383 e. The smallest absolute Gasteiger partial charge is 0.0587 e. The number of anilines is 1. The molecule has 0 radical (unpaired) electrons. The molecule has 1 aromatic carbocycles. The molecule has 3 nitrogen and oxygen atoms in total. The largest absolute Gasteiger partial charge is 0.383 e. The Balaban J connectivity index is 2.58. The number of methoxy groups -OCH3 is 1. The molecule has 0 bridgehead atoms. The highest BCUT2D eigenvalue weighted by atomic mass is 79.9. The summed E-state index contributed by atoms with van der Waals surface area (Å²) in [5.74, 6) is 0.717. The molecule has 1 rings (SSSR count). The second-order valence-electron chi connectivity index (χ2n) is 5.34. The maximum absolute atomic E-state index is 5.03. The van der Waals surface area contributed by atoms with Crippen LogP contribution in [0.3, 0.4) is 0 Å². The molecule has 0 heterocycles. The van der Waals surface area contributed by atoms with Crippen LogP contribution in [0.2, 0.25) is 0 Å². The Morgan fingerprint density at radius 1 is 1.40 bits per heavy atom. The molecule has 4 heteroatoms. The van der Waals surface area contributed by atoms with E-state index in [2.05, 4.69) is 65.2 Å². The normalized spacial score (nSPS) is 12.4. The van der Waals surface area contributed by atoms with Gasteiger partial charge in [0, 0.05) is 44.0 Å². The van der Waals surface area contributed by atoms with Crippen molar-refractivity contribution >= 4 is 21.6 Å². The van der Waals surface area contributed by atoms with Crippen LogP contribution in [0.5, 0.6) is 0 Å². The molecule has 0 aliphatic heterocycles. The van der Waals surface area contributed by atoms with E-state index in [-0.39, 0.29) is 0 Å². The van der Waals surface area contributed by atoms with Gasteiger partial charge >= 0.3 is 0 Å². The van der Waals surface area contributed by atoms with E-state index in [4.69, 9.17) is 4.74 Å². The van der Waals surface area contributed by atoms with E-state index >= 15 is 0 Å². The second-order valence-corrected chi connectivity index (χ2v) is 6.19. The SMILES string of the molecule is CCC(C)CN(C)c1ccc(CNCCOC)c(Br)c1. The Morgan fingerprint density at radius 3 is 2.75 bits per heavy atom. The topological polar surface area (TPSA) is 24.5 Å². The number of nitrogens with one attached hydrogen (secondary N) is 1. The van der Waals surface area contributed by atoms with Crippen LogP contribution in [-0.2, 0) is 11.3 Å². The fraction of sp³-hybridized carbons (Fsp3) is 0.625. The highest BCUT2D eigenvalue weighted by Crippen LogP contribution is 2.24. The van der Waals surface area contributed by atoms with Gasteiger partial charge in [0.15, 0.2) is 0 Å². The van der Waals surface area contributed by atoms with Crippen LogP contribution < -0.4 is 10.2 Å². The van der Waals surface area contributed by atoms with Crippen molar-refractivity contribution < 1.29 is 4.74 Å². The minimum atomic E-state index is 0.717. The maximum atomic E-state index is 5.03. The van der Waals surface area contributed by atoms with Crippen molar-refractivity contribution in [2.24, 2.45) is 5.92 Å². The summed E-state index contributed by atoms with van der Waals surface area (Å²) in [6.45, 7) is 8.10. The fourth-order valence-corrected chi connectivity index (χ4v) is 2.52. The van der Waals surface area contributed by atoms with Crippen LogP contribution in [0.25, 0.3) is 0 Å². The Labute approximate surface area is 131 Å². The van der Waals surface area contributed by atoms with Gasteiger partial charge in [0.05, 0.1) is 6.61 Å². The number of nitrogens with zero attached hydrogens (tertiary/aromatic N) is 1. The van der Waals surface area contributed by atoms with Crippen molar-refractivity contribution in [3.8, 4) is 0 Å². The van der Waals surface area contributed by atoms with Gasteiger partial charge in [-0.15, -0.1) is 0 Å². The van der Waals surface area contributed by atoms with Gasteiger partial charge in [0.2, 0.25) is 0 Å². The van der Waals surface area contributed by atoms with Gasteiger partial charge in [0.25, 0.3) is 0 Å². The van der Waals surface area contributed by atoms with E-state index in [1.54, 1.807) is 7.11 Å². The summed E-state index contributed by atoms with van der Waals surface area (Å²) in [5, 5.41) is 3.36. The number of rotatable bonds is 9. The lowest BCUT2D eigenvalue weighted by atomic mass is 10.1. The zero-order chi connectivity index (χ0) is 15.0. The molecule has 0 saturated heterocycles. The lowest BCUT2D eigenvalue weighted by molar-refractivity contribution is 0.199. The first-order valence-corrected chi connectivity index (χ1v) is 8.07. The average molecular weight is 343 g/mol. The van der Waals surface area contributed by atoms with Gasteiger partial charge in [-0.25, -0.2) is 0 Å². The predicted octanol–water partition coefficient (Wildman–Crippen LogP) is 3.67. The van der Waals surface area contributed by atoms with Gasteiger partial charge in [0.1, 0.15) is 0 Å². The monoisotopic (exact) mass is 342 g/mol. The molecule has 0 amide bonds. The summed E-state index contributed by atoms with van der Waals surface area (Å²) in [6, 6.07) is 6.59. The Morgan fingerprint density at radius 2 is 2.15 bits per heavy atom. The predicted molar refractivity (Wildman–Crippen MR) is 90.4 cm³/mol. The number of ether oxygens (including phenoxy) is 1. The van der Waals surface area contributed by atoms with Crippen LogP contribution in [0.15, 0.2) is 22.7 Å².